The molecule has 0 radical (unpaired) electrons. The van der Waals surface area contributed by atoms with Crippen LogP contribution in [0.4, 0.5) is 10.2 Å². The number of amides is 5. The van der Waals surface area contributed by atoms with Crippen LogP contribution < -0.4 is 15.8 Å². The number of hydrogen-bond donors (Lipinski definition) is 2. The molecule has 0 spiro atoms. The highest BCUT2D eigenvalue weighted by Gasteiger charge is 2.46. The minimum Gasteiger partial charge on any atom is -0.457 e. The molecule has 5 amide bonds. The number of aromatic nitrogens is 4. The number of carbonyl (C=O) groups excluding carboxylic acids is 5. The molecule has 3 aliphatic rings. The van der Waals surface area contributed by atoms with E-state index in [1.54, 1.807) is 0 Å². The maximum atomic E-state index is 14.6. The maximum absolute atomic E-state index is 14.6. The minimum atomic E-state index is -1.11. The molecule has 0 bridgehead atoms. The van der Waals surface area contributed by atoms with Crippen molar-refractivity contribution in [2.45, 2.75) is 81.2 Å². The SMILES string of the molecule is Nc1ncnc2c1c(-c1ccc(Oc3ccccc3)cc1)nn2C1CCN(C(=O)CCCCCCCSc2cc(F)cc3c2C(=O)N(C2CCC(=O)NC2=O)C3=O)CC1. The van der Waals surface area contributed by atoms with Crippen molar-refractivity contribution < 1.29 is 33.1 Å². The zero-order valence-corrected chi connectivity index (χ0v) is 33.1. The summed E-state index contributed by atoms with van der Waals surface area (Å²) in [6, 6.07) is 18.5. The summed E-state index contributed by atoms with van der Waals surface area (Å²) in [5, 5.41) is 7.88. The summed E-state index contributed by atoms with van der Waals surface area (Å²) >= 11 is 1.30. The molecule has 59 heavy (non-hydrogen) atoms. The van der Waals surface area contributed by atoms with Gasteiger partial charge < -0.3 is 15.4 Å². The second kappa shape index (κ2) is 17.4. The molecule has 1 atom stereocenters. The first kappa shape index (κ1) is 39.7. The van der Waals surface area contributed by atoms with Gasteiger partial charge in [0.25, 0.3) is 11.8 Å². The van der Waals surface area contributed by atoms with Gasteiger partial charge in [-0.3, -0.25) is 34.2 Å². The second-order valence-electron chi connectivity index (χ2n) is 14.9. The number of anilines is 1. The summed E-state index contributed by atoms with van der Waals surface area (Å²) in [6.07, 6.45) is 7.69. The summed E-state index contributed by atoms with van der Waals surface area (Å²) in [7, 11) is 0. The molecule has 1 unspecified atom stereocenters. The van der Waals surface area contributed by atoms with Gasteiger partial charge in [0.05, 0.1) is 22.6 Å². The van der Waals surface area contributed by atoms with Gasteiger partial charge in [0, 0.05) is 36.4 Å². The number of nitrogens with one attached hydrogen (secondary N) is 1. The first-order valence-electron chi connectivity index (χ1n) is 19.9. The number of piperidine rings is 2. The lowest BCUT2D eigenvalue weighted by Crippen LogP contribution is -2.54. The number of imide groups is 2. The quantitative estimate of drug-likeness (QED) is 0.0691. The van der Waals surface area contributed by atoms with E-state index >= 15 is 0 Å². The van der Waals surface area contributed by atoms with Gasteiger partial charge in [0.15, 0.2) is 5.65 Å². The number of benzene rings is 3. The predicted octanol–water partition coefficient (Wildman–Crippen LogP) is 6.70. The van der Waals surface area contributed by atoms with E-state index in [0.29, 0.717) is 58.5 Å². The summed E-state index contributed by atoms with van der Waals surface area (Å²) in [5.41, 5.74) is 8.65. The molecule has 0 aliphatic carbocycles. The maximum Gasteiger partial charge on any atom is 0.263 e. The molecule has 3 aromatic carbocycles. The number of carbonyl (C=O) groups is 5. The van der Waals surface area contributed by atoms with Crippen LogP contribution in [0.15, 0.2) is 78.0 Å². The lowest BCUT2D eigenvalue weighted by atomic mass is 10.0. The number of nitrogens with zero attached hydrogens (tertiary/aromatic N) is 6. The van der Waals surface area contributed by atoms with Gasteiger partial charge in [-0.15, -0.1) is 11.8 Å². The van der Waals surface area contributed by atoms with Crippen molar-refractivity contribution in [2.75, 3.05) is 24.6 Å². The van der Waals surface area contributed by atoms with Crippen LogP contribution in [0.2, 0.25) is 0 Å². The Morgan fingerprint density at radius 1 is 0.881 bits per heavy atom. The predicted molar refractivity (Wildman–Crippen MR) is 218 cm³/mol. The Labute approximate surface area is 343 Å². The van der Waals surface area contributed by atoms with E-state index in [1.165, 1.54) is 24.2 Å². The van der Waals surface area contributed by atoms with Crippen LogP contribution in [0.1, 0.15) is 91.0 Å². The summed E-state index contributed by atoms with van der Waals surface area (Å²) in [6.45, 7) is 1.24. The van der Waals surface area contributed by atoms with Gasteiger partial charge in [-0.05, 0) is 86.4 Å². The normalized spacial score (nSPS) is 17.1. The lowest BCUT2D eigenvalue weighted by Gasteiger charge is -2.32. The number of nitrogens with two attached hydrogens (primary N) is 1. The van der Waals surface area contributed by atoms with Crippen LogP contribution in [0.5, 0.6) is 11.5 Å². The number of hydrogen-bond acceptors (Lipinski definition) is 11. The van der Waals surface area contributed by atoms with Crippen LogP contribution in [0, 0.1) is 5.82 Å². The van der Waals surface area contributed by atoms with E-state index in [0.717, 1.165) is 67.2 Å². The van der Waals surface area contributed by atoms with Crippen LogP contribution in [0.3, 0.4) is 0 Å². The summed E-state index contributed by atoms with van der Waals surface area (Å²) in [5.74, 6) is -0.624. The molecule has 2 saturated heterocycles. The van der Waals surface area contributed by atoms with Gasteiger partial charge in [-0.25, -0.2) is 19.0 Å². The highest BCUT2D eigenvalue weighted by atomic mass is 32.2. The van der Waals surface area contributed by atoms with E-state index < -0.39 is 35.5 Å². The first-order valence-corrected chi connectivity index (χ1v) is 20.9. The monoisotopic (exact) mass is 818 g/mol. The van der Waals surface area contributed by atoms with Crippen molar-refractivity contribution in [3.05, 3.63) is 90.0 Å². The molecular formula is C43H43FN8O6S. The molecule has 0 saturated carbocycles. The Morgan fingerprint density at radius 3 is 2.37 bits per heavy atom. The van der Waals surface area contributed by atoms with E-state index in [2.05, 4.69) is 15.3 Å². The third-order valence-electron chi connectivity index (χ3n) is 11.1. The highest BCUT2D eigenvalue weighted by molar-refractivity contribution is 7.99. The fourth-order valence-corrected chi connectivity index (χ4v) is 9.11. The zero-order chi connectivity index (χ0) is 41.0. The Hall–Kier alpha value is -6.16. The lowest BCUT2D eigenvalue weighted by molar-refractivity contribution is -0.136. The average Bonchev–Trinajstić information content (AvgIpc) is 3.74. The molecule has 5 heterocycles. The number of ether oxygens (including phenoxy) is 1. The molecule has 14 nitrogen and oxygen atoms in total. The van der Waals surface area contributed by atoms with E-state index in [-0.39, 0.29) is 35.9 Å². The number of nitrogen functional groups attached to an aromatic ring is 1. The fourth-order valence-electron chi connectivity index (χ4n) is 8.01. The van der Waals surface area contributed by atoms with Crippen LogP contribution in [0.25, 0.3) is 22.3 Å². The van der Waals surface area contributed by atoms with Crippen molar-refractivity contribution in [3.8, 4) is 22.8 Å². The number of para-hydroxylation sites is 1. The van der Waals surface area contributed by atoms with Crippen LogP contribution in [-0.4, -0.2) is 84.0 Å². The molecule has 8 rings (SSSR count). The largest absolute Gasteiger partial charge is 0.457 e. The highest BCUT2D eigenvalue weighted by Crippen LogP contribution is 2.37. The molecule has 2 aromatic heterocycles. The van der Waals surface area contributed by atoms with Crippen LogP contribution in [-0.2, 0) is 14.4 Å². The van der Waals surface area contributed by atoms with E-state index in [4.69, 9.17) is 15.6 Å². The number of fused-ring (bicyclic) bond motifs is 2. The number of halogens is 1. The van der Waals surface area contributed by atoms with Crippen molar-refractivity contribution in [3.63, 3.8) is 0 Å². The number of rotatable bonds is 14. The third kappa shape index (κ3) is 8.40. The Balaban J connectivity index is 0.782. The third-order valence-corrected chi connectivity index (χ3v) is 12.2. The van der Waals surface area contributed by atoms with Crippen LogP contribution >= 0.6 is 11.8 Å². The van der Waals surface area contributed by atoms with Crippen molar-refractivity contribution >= 4 is 58.1 Å². The first-order chi connectivity index (χ1) is 28.7. The van der Waals surface area contributed by atoms with Gasteiger partial charge in [0.2, 0.25) is 17.7 Å². The topological polar surface area (TPSA) is 183 Å². The molecule has 16 heteroatoms. The van der Waals surface area contributed by atoms with Gasteiger partial charge in [-0.2, -0.15) is 5.10 Å². The Kier molecular flexibility index (Phi) is 11.7. The standard InChI is InChI=1S/C43H43FN8O6S/c44-27-23-31-36(43(57)51(42(31)56)32-16-17-34(53)48-41(32)55)33(24-27)59-22-8-3-1-2-7-11-35(54)50-20-18-28(19-21-50)52-40-37(39(45)46-25-47-40)38(49-52)26-12-14-30(15-13-26)58-29-9-5-4-6-10-29/h4-6,9-10,12-15,23-25,28,32H,1-3,7-8,11,16-22H2,(H2,45,46,47)(H,48,53,55). The van der Waals surface area contributed by atoms with Crippen molar-refractivity contribution in [2.24, 2.45) is 0 Å². The summed E-state index contributed by atoms with van der Waals surface area (Å²) < 4.78 is 22.5. The van der Waals surface area contributed by atoms with Crippen molar-refractivity contribution in [1.29, 1.82) is 0 Å². The van der Waals surface area contributed by atoms with E-state index in [1.807, 2.05) is 64.2 Å². The van der Waals surface area contributed by atoms with Gasteiger partial charge in [0.1, 0.15) is 41.2 Å². The number of thioether (sulfide) groups is 1. The Morgan fingerprint density at radius 2 is 1.61 bits per heavy atom. The molecule has 3 N–H and O–H groups in total. The molecule has 3 aliphatic heterocycles. The zero-order valence-electron chi connectivity index (χ0n) is 32.3. The second-order valence-corrected chi connectivity index (χ2v) is 16.1. The average molecular weight is 819 g/mol. The van der Waals surface area contributed by atoms with Crippen molar-refractivity contribution in [1.82, 2.24) is 34.9 Å². The number of unbranched alkanes of at least 4 members (excludes halogenated alkanes) is 4. The number of likely N-dealkylation sites (tertiary alicyclic amines) is 1. The molecule has 2 fully saturated rings. The van der Waals surface area contributed by atoms with Gasteiger partial charge in [-0.1, -0.05) is 37.5 Å². The fraction of sp³-hybridized carbons (Fsp3) is 0.349. The minimum absolute atomic E-state index is 0.00976. The molecule has 5 aromatic rings. The van der Waals surface area contributed by atoms with Gasteiger partial charge >= 0.3 is 0 Å². The Bertz CT molecular complexity index is 2420. The molecular weight excluding hydrogens is 776 g/mol. The smallest absolute Gasteiger partial charge is 0.263 e. The van der Waals surface area contributed by atoms with E-state index in [9.17, 15) is 28.4 Å². The molecule has 304 valence electrons. The summed E-state index contributed by atoms with van der Waals surface area (Å²) in [4.78, 5) is 75.6.